The van der Waals surface area contributed by atoms with Crippen molar-refractivity contribution in [3.8, 4) is 5.75 Å². The zero-order valence-electron chi connectivity index (χ0n) is 18.7. The number of carboxylic acids is 1. The number of amides is 1. The molecular weight excluding hydrogens is 514 g/mol. The van der Waals surface area contributed by atoms with Gasteiger partial charge in [-0.1, -0.05) is 17.7 Å². The fourth-order valence-corrected chi connectivity index (χ4v) is 6.49. The number of fused-ring (bicyclic) bond motifs is 1. The van der Waals surface area contributed by atoms with Crippen LogP contribution >= 0.6 is 22.9 Å². The predicted molar refractivity (Wildman–Crippen MR) is 133 cm³/mol. The van der Waals surface area contributed by atoms with Crippen LogP contribution in [0.1, 0.15) is 34.5 Å². The average Bonchev–Trinajstić information content (AvgIpc) is 3.12. The molecule has 1 amide bonds. The van der Waals surface area contributed by atoms with Gasteiger partial charge in [-0.05, 0) is 55.2 Å². The molecule has 0 spiro atoms. The minimum Gasteiger partial charge on any atom is -0.495 e. The molecule has 0 fully saturated rings. The van der Waals surface area contributed by atoms with Gasteiger partial charge < -0.3 is 9.84 Å². The number of hydrogen-bond donors (Lipinski definition) is 2. The molecule has 1 aliphatic heterocycles. The number of aliphatic carboxylic acids is 1. The first-order valence-electron chi connectivity index (χ1n) is 10.7. The summed E-state index contributed by atoms with van der Waals surface area (Å²) in [6.07, 6.45) is 1.86. The highest BCUT2D eigenvalue weighted by Gasteiger charge is 2.31. The van der Waals surface area contributed by atoms with Gasteiger partial charge in [-0.3, -0.25) is 19.2 Å². The summed E-state index contributed by atoms with van der Waals surface area (Å²) in [6.45, 7) is 0.237. The van der Waals surface area contributed by atoms with E-state index in [1.165, 1.54) is 23.5 Å². The zero-order valence-corrected chi connectivity index (χ0v) is 21.0. The molecule has 2 N–H and O–H groups in total. The van der Waals surface area contributed by atoms with E-state index < -0.39 is 21.9 Å². The van der Waals surface area contributed by atoms with Crippen molar-refractivity contribution in [1.29, 1.82) is 0 Å². The van der Waals surface area contributed by atoms with Crippen LogP contribution in [0.2, 0.25) is 5.02 Å². The monoisotopic (exact) mass is 535 g/mol. The van der Waals surface area contributed by atoms with Crippen molar-refractivity contribution in [2.24, 2.45) is 0 Å². The van der Waals surface area contributed by atoms with E-state index in [0.29, 0.717) is 24.2 Å². The van der Waals surface area contributed by atoms with Gasteiger partial charge in [0.1, 0.15) is 10.6 Å². The Morgan fingerprint density at radius 2 is 2.03 bits per heavy atom. The molecule has 1 aromatic heterocycles. The van der Waals surface area contributed by atoms with E-state index in [-0.39, 0.29) is 39.3 Å². The Morgan fingerprint density at radius 3 is 2.77 bits per heavy atom. The third-order valence-electron chi connectivity index (χ3n) is 5.47. The molecule has 0 radical (unpaired) electrons. The summed E-state index contributed by atoms with van der Waals surface area (Å²) in [6, 6.07) is 9.36. The predicted octanol–water partition coefficient (Wildman–Crippen LogP) is 4.22. The van der Waals surface area contributed by atoms with Crippen molar-refractivity contribution in [2.75, 3.05) is 23.3 Å². The molecule has 12 heteroatoms. The molecule has 0 aliphatic carbocycles. The standard InChI is InChI=1S/C23H22ClN3O6S2/c1-33-19-8-7-16(24)11-20(19)35(31,32)27-9-3-2-4-14-5-6-15(10-18(14)27)22(30)26-23-25-17(13-34-23)12-21(28)29/h5-8,10-11,13H,2-4,9,12H2,1H3,(H,28,29)(H,25,26,30). The molecule has 0 saturated heterocycles. The van der Waals surface area contributed by atoms with Gasteiger partial charge in [0.2, 0.25) is 0 Å². The van der Waals surface area contributed by atoms with Crippen molar-refractivity contribution in [2.45, 2.75) is 30.6 Å². The number of aromatic nitrogens is 1. The number of benzene rings is 2. The minimum absolute atomic E-state index is 0.0519. The maximum Gasteiger partial charge on any atom is 0.309 e. The smallest absolute Gasteiger partial charge is 0.309 e. The Morgan fingerprint density at radius 1 is 1.23 bits per heavy atom. The van der Waals surface area contributed by atoms with Gasteiger partial charge in [0.15, 0.2) is 5.13 Å². The first-order valence-corrected chi connectivity index (χ1v) is 13.4. The number of nitrogens with one attached hydrogen (secondary N) is 1. The molecule has 0 unspecified atom stereocenters. The molecule has 0 bridgehead atoms. The lowest BCUT2D eigenvalue weighted by molar-refractivity contribution is -0.136. The highest BCUT2D eigenvalue weighted by molar-refractivity contribution is 7.93. The number of carboxylic acid groups (broad SMARTS) is 1. The number of hydrogen-bond acceptors (Lipinski definition) is 7. The summed E-state index contributed by atoms with van der Waals surface area (Å²) in [5.41, 5.74) is 1.82. The maximum atomic E-state index is 13.7. The molecule has 0 atom stereocenters. The molecule has 3 aromatic rings. The van der Waals surface area contributed by atoms with Gasteiger partial charge in [-0.25, -0.2) is 13.4 Å². The molecule has 4 rings (SSSR count). The normalized spacial score (nSPS) is 13.6. The zero-order chi connectivity index (χ0) is 25.2. The van der Waals surface area contributed by atoms with E-state index in [1.54, 1.807) is 29.6 Å². The number of sulfonamides is 1. The molecule has 0 saturated carbocycles. The van der Waals surface area contributed by atoms with Crippen LogP contribution in [0, 0.1) is 0 Å². The Kier molecular flexibility index (Phi) is 7.29. The number of rotatable bonds is 7. The minimum atomic E-state index is -4.05. The lowest BCUT2D eigenvalue weighted by Gasteiger charge is -2.26. The van der Waals surface area contributed by atoms with Gasteiger partial charge in [-0.15, -0.1) is 11.3 Å². The van der Waals surface area contributed by atoms with Crippen LogP contribution in [-0.4, -0.2) is 44.0 Å². The number of anilines is 2. The van der Waals surface area contributed by atoms with Crippen LogP contribution in [0.4, 0.5) is 10.8 Å². The molecular formula is C23H22ClN3O6S2. The van der Waals surface area contributed by atoms with Gasteiger partial charge >= 0.3 is 5.97 Å². The van der Waals surface area contributed by atoms with Crippen LogP contribution in [0.3, 0.4) is 0 Å². The molecule has 35 heavy (non-hydrogen) atoms. The molecule has 2 heterocycles. The van der Waals surface area contributed by atoms with Gasteiger partial charge in [0, 0.05) is 22.5 Å². The van der Waals surface area contributed by atoms with Crippen LogP contribution in [0.5, 0.6) is 5.75 Å². The number of methoxy groups -OCH3 is 1. The van der Waals surface area contributed by atoms with Gasteiger partial charge in [0.05, 0.1) is 24.9 Å². The number of carbonyl (C=O) groups is 2. The summed E-state index contributed by atoms with van der Waals surface area (Å²) in [7, 11) is -2.66. The van der Waals surface area contributed by atoms with Crippen molar-refractivity contribution in [3.63, 3.8) is 0 Å². The first kappa shape index (κ1) is 25.0. The van der Waals surface area contributed by atoms with Gasteiger partial charge in [-0.2, -0.15) is 0 Å². The van der Waals surface area contributed by atoms with E-state index >= 15 is 0 Å². The number of aryl methyl sites for hydroxylation is 1. The second-order valence-corrected chi connectivity index (χ2v) is 11.0. The maximum absolute atomic E-state index is 13.7. The summed E-state index contributed by atoms with van der Waals surface area (Å²) < 4.78 is 34.0. The summed E-state index contributed by atoms with van der Waals surface area (Å²) in [5.74, 6) is -1.32. The Hall–Kier alpha value is -3.15. The number of halogens is 1. The van der Waals surface area contributed by atoms with Crippen molar-refractivity contribution in [1.82, 2.24) is 4.98 Å². The number of nitrogens with zero attached hydrogens (tertiary/aromatic N) is 2. The highest BCUT2D eigenvalue weighted by Crippen LogP contribution is 2.36. The van der Waals surface area contributed by atoms with Gasteiger partial charge in [0.25, 0.3) is 15.9 Å². The van der Waals surface area contributed by atoms with Crippen molar-refractivity contribution in [3.05, 3.63) is 63.6 Å². The molecule has 9 nitrogen and oxygen atoms in total. The van der Waals surface area contributed by atoms with E-state index in [1.807, 2.05) is 0 Å². The van der Waals surface area contributed by atoms with E-state index in [0.717, 1.165) is 23.3 Å². The number of carbonyl (C=O) groups excluding carboxylic acids is 1. The van der Waals surface area contributed by atoms with E-state index in [4.69, 9.17) is 21.4 Å². The second-order valence-electron chi connectivity index (χ2n) is 7.84. The second kappa shape index (κ2) is 10.2. The third-order valence-corrected chi connectivity index (χ3v) is 8.35. The summed E-state index contributed by atoms with van der Waals surface area (Å²) in [4.78, 5) is 27.9. The molecule has 184 valence electrons. The van der Waals surface area contributed by atoms with Crippen molar-refractivity contribution < 1.29 is 27.9 Å². The first-order chi connectivity index (χ1) is 16.7. The van der Waals surface area contributed by atoms with E-state index in [9.17, 15) is 18.0 Å². The van der Waals surface area contributed by atoms with Crippen LogP contribution in [0.15, 0.2) is 46.7 Å². The van der Waals surface area contributed by atoms with Crippen LogP contribution in [-0.2, 0) is 27.7 Å². The molecule has 1 aliphatic rings. The summed E-state index contributed by atoms with van der Waals surface area (Å²) >= 11 is 7.21. The fourth-order valence-electron chi connectivity index (χ4n) is 3.83. The largest absolute Gasteiger partial charge is 0.495 e. The SMILES string of the molecule is COc1ccc(Cl)cc1S(=O)(=O)N1CCCCc2ccc(C(=O)Nc3nc(CC(=O)O)cs3)cc21. The topological polar surface area (TPSA) is 126 Å². The third kappa shape index (κ3) is 5.42. The average molecular weight is 536 g/mol. The Bertz CT molecular complexity index is 1390. The Labute approximate surface area is 211 Å². The Balaban J connectivity index is 1.68. The van der Waals surface area contributed by atoms with Crippen LogP contribution < -0.4 is 14.4 Å². The van der Waals surface area contributed by atoms with Crippen LogP contribution in [0.25, 0.3) is 0 Å². The number of ether oxygens (including phenoxy) is 1. The fraction of sp³-hybridized carbons (Fsp3) is 0.261. The number of thiazole rings is 1. The quantitative estimate of drug-likeness (QED) is 0.464. The highest BCUT2D eigenvalue weighted by atomic mass is 35.5. The van der Waals surface area contributed by atoms with Crippen molar-refractivity contribution >= 4 is 55.7 Å². The van der Waals surface area contributed by atoms with E-state index in [2.05, 4.69) is 10.3 Å². The summed E-state index contributed by atoms with van der Waals surface area (Å²) in [5, 5.41) is 13.6. The molecule has 2 aromatic carbocycles. The lowest BCUT2D eigenvalue weighted by atomic mass is 10.0. The lowest BCUT2D eigenvalue weighted by Crippen LogP contribution is -2.32.